The lowest BCUT2D eigenvalue weighted by Crippen LogP contribution is -2.09. The molecule has 0 unspecified atom stereocenters. The molecule has 1 aliphatic carbocycles. The summed E-state index contributed by atoms with van der Waals surface area (Å²) in [4.78, 5) is 0. The Labute approximate surface area is 86.7 Å². The van der Waals surface area contributed by atoms with Crippen LogP contribution < -0.4 is 5.19 Å². The highest BCUT2D eigenvalue weighted by molar-refractivity contribution is 6.36. The Morgan fingerprint density at radius 1 is 1.07 bits per heavy atom. The van der Waals surface area contributed by atoms with Crippen LogP contribution >= 0.6 is 0 Å². The van der Waals surface area contributed by atoms with Gasteiger partial charge in [0.05, 0.1) is 10.2 Å². The van der Waals surface area contributed by atoms with Gasteiger partial charge in [-0.15, -0.1) is 0 Å². The molecule has 0 atom stereocenters. The number of rotatable bonds is 0. The Bertz CT molecular complexity index is 538. The van der Waals surface area contributed by atoms with Crippen LogP contribution in [-0.2, 0) is 6.42 Å². The Hall–Kier alpha value is -1.34. The summed E-state index contributed by atoms with van der Waals surface area (Å²) in [5.74, 6) is 0. The maximum Gasteiger partial charge on any atom is 0.0720 e. The zero-order chi connectivity index (χ0) is 9.54. The van der Waals surface area contributed by atoms with Crippen molar-refractivity contribution in [1.82, 2.24) is 0 Å². The van der Waals surface area contributed by atoms with Crippen molar-refractivity contribution in [2.45, 2.75) is 6.42 Å². The van der Waals surface area contributed by atoms with Gasteiger partial charge in [0.25, 0.3) is 0 Å². The maximum atomic E-state index is 3.65. The van der Waals surface area contributed by atoms with Crippen LogP contribution in [0, 0.1) is 0 Å². The van der Waals surface area contributed by atoms with E-state index in [0.717, 1.165) is 6.42 Å². The van der Waals surface area contributed by atoms with Gasteiger partial charge in [0.1, 0.15) is 0 Å². The standard InChI is InChI=1S/C13H9Si/c14-12-8-7-10-4-1-3-9-5-2-6-11(12)13(9)10/h1-4,6-8H,5H2. The second-order valence-electron chi connectivity index (χ2n) is 3.65. The summed E-state index contributed by atoms with van der Waals surface area (Å²) in [7, 11) is 3.65. The van der Waals surface area contributed by atoms with Gasteiger partial charge in [-0.05, 0) is 28.3 Å². The molecule has 0 saturated heterocycles. The van der Waals surface area contributed by atoms with E-state index in [4.69, 9.17) is 0 Å². The highest BCUT2D eigenvalue weighted by Gasteiger charge is 2.09. The molecule has 0 aliphatic heterocycles. The molecule has 14 heavy (non-hydrogen) atoms. The van der Waals surface area contributed by atoms with Gasteiger partial charge in [-0.25, -0.2) is 0 Å². The van der Waals surface area contributed by atoms with Crippen LogP contribution in [0.15, 0.2) is 36.4 Å². The average molecular weight is 193 g/mol. The van der Waals surface area contributed by atoms with Crippen molar-refractivity contribution in [1.29, 1.82) is 0 Å². The van der Waals surface area contributed by atoms with Crippen molar-refractivity contribution in [2.75, 3.05) is 0 Å². The fraction of sp³-hybridized carbons (Fsp3) is 0.0769. The highest BCUT2D eigenvalue weighted by atomic mass is 28.1. The fourth-order valence-corrected chi connectivity index (χ4v) is 2.42. The topological polar surface area (TPSA) is 0 Å². The van der Waals surface area contributed by atoms with Crippen molar-refractivity contribution >= 4 is 32.3 Å². The van der Waals surface area contributed by atoms with Gasteiger partial charge in [-0.3, -0.25) is 0 Å². The molecule has 0 nitrogen and oxygen atoms in total. The molecule has 1 aliphatic rings. The molecule has 3 radical (unpaired) electrons. The van der Waals surface area contributed by atoms with E-state index in [1.165, 1.54) is 27.1 Å². The van der Waals surface area contributed by atoms with Crippen molar-refractivity contribution in [3.05, 3.63) is 47.5 Å². The van der Waals surface area contributed by atoms with Crippen LogP contribution in [0.2, 0.25) is 0 Å². The second-order valence-corrected chi connectivity index (χ2v) is 4.19. The number of benzene rings is 2. The van der Waals surface area contributed by atoms with Crippen molar-refractivity contribution < 1.29 is 0 Å². The van der Waals surface area contributed by atoms with Crippen LogP contribution in [0.4, 0.5) is 0 Å². The lowest BCUT2D eigenvalue weighted by Gasteiger charge is -2.14. The van der Waals surface area contributed by atoms with Crippen molar-refractivity contribution in [3.63, 3.8) is 0 Å². The molecule has 0 heterocycles. The van der Waals surface area contributed by atoms with E-state index in [1.807, 2.05) is 0 Å². The molecule has 2 aromatic rings. The predicted molar refractivity (Wildman–Crippen MR) is 62.1 cm³/mol. The molecule has 65 valence electrons. The van der Waals surface area contributed by atoms with Crippen LogP contribution in [0.5, 0.6) is 0 Å². The van der Waals surface area contributed by atoms with Gasteiger partial charge in [0, 0.05) is 0 Å². The van der Waals surface area contributed by atoms with Crippen LogP contribution in [-0.4, -0.2) is 10.2 Å². The molecular formula is C13H9Si. The smallest absolute Gasteiger partial charge is 0.0720 e. The zero-order valence-corrected chi connectivity index (χ0v) is 8.75. The number of hydrogen-bond donors (Lipinski definition) is 0. The third-order valence-corrected chi connectivity index (χ3v) is 3.23. The fourth-order valence-electron chi connectivity index (χ4n) is 2.13. The van der Waals surface area contributed by atoms with Crippen LogP contribution in [0.3, 0.4) is 0 Å². The van der Waals surface area contributed by atoms with E-state index in [9.17, 15) is 0 Å². The molecule has 0 saturated carbocycles. The van der Waals surface area contributed by atoms with E-state index in [1.54, 1.807) is 0 Å². The summed E-state index contributed by atoms with van der Waals surface area (Å²) in [5.41, 5.74) is 2.75. The molecule has 0 spiro atoms. The Balaban J connectivity index is 2.56. The molecule has 1 heteroatoms. The van der Waals surface area contributed by atoms with Crippen molar-refractivity contribution in [3.8, 4) is 0 Å². The first-order valence-corrected chi connectivity index (χ1v) is 5.29. The van der Waals surface area contributed by atoms with Gasteiger partial charge in [0.2, 0.25) is 0 Å². The molecule has 0 bridgehead atoms. The minimum atomic E-state index is 1.06. The van der Waals surface area contributed by atoms with Gasteiger partial charge < -0.3 is 0 Å². The minimum Gasteiger partial charge on any atom is -0.0795 e. The molecule has 3 rings (SSSR count). The molecule has 2 aromatic carbocycles. The third kappa shape index (κ3) is 0.992. The monoisotopic (exact) mass is 193 g/mol. The molecule has 0 aromatic heterocycles. The minimum absolute atomic E-state index is 1.06. The first-order valence-electron chi connectivity index (χ1n) is 4.79. The largest absolute Gasteiger partial charge is 0.0795 e. The van der Waals surface area contributed by atoms with Gasteiger partial charge in [-0.1, -0.05) is 47.7 Å². The van der Waals surface area contributed by atoms with Crippen molar-refractivity contribution in [2.24, 2.45) is 0 Å². The lowest BCUT2D eigenvalue weighted by atomic mass is 9.93. The number of allylic oxidation sites excluding steroid dienone is 1. The van der Waals surface area contributed by atoms with E-state index in [0.29, 0.717) is 0 Å². The number of hydrogen-bond acceptors (Lipinski definition) is 0. The molecule has 0 N–H and O–H groups in total. The highest BCUT2D eigenvalue weighted by Crippen LogP contribution is 2.26. The first-order chi connectivity index (χ1) is 6.86. The summed E-state index contributed by atoms with van der Waals surface area (Å²) in [6.07, 6.45) is 5.48. The maximum absolute atomic E-state index is 3.65. The lowest BCUT2D eigenvalue weighted by molar-refractivity contribution is 1.30. The Morgan fingerprint density at radius 2 is 2.00 bits per heavy atom. The third-order valence-electron chi connectivity index (χ3n) is 2.79. The Kier molecular flexibility index (Phi) is 1.61. The van der Waals surface area contributed by atoms with E-state index < -0.39 is 0 Å². The van der Waals surface area contributed by atoms with E-state index >= 15 is 0 Å². The molecule has 0 amide bonds. The normalized spacial score (nSPS) is 13.5. The molecule has 0 fully saturated rings. The summed E-state index contributed by atoms with van der Waals surface area (Å²) in [5, 5.41) is 3.92. The van der Waals surface area contributed by atoms with Gasteiger partial charge in [0.15, 0.2) is 0 Å². The van der Waals surface area contributed by atoms with Gasteiger partial charge >= 0.3 is 0 Å². The summed E-state index contributed by atoms with van der Waals surface area (Å²) in [6, 6.07) is 10.8. The SMILES string of the molecule is [Si]c1ccc2cccc3c2c1C=CC3. The quantitative estimate of drug-likeness (QED) is 0.563. The van der Waals surface area contributed by atoms with Crippen LogP contribution in [0.25, 0.3) is 16.8 Å². The predicted octanol–water partition coefficient (Wildman–Crippen LogP) is 2.20. The summed E-state index contributed by atoms with van der Waals surface area (Å²) < 4.78 is 0. The van der Waals surface area contributed by atoms with E-state index in [2.05, 4.69) is 52.7 Å². The first kappa shape index (κ1) is 8.01. The van der Waals surface area contributed by atoms with Crippen LogP contribution in [0.1, 0.15) is 11.1 Å². The molecular weight excluding hydrogens is 184 g/mol. The summed E-state index contributed by atoms with van der Waals surface area (Å²) in [6.45, 7) is 0. The zero-order valence-electron chi connectivity index (χ0n) is 7.75. The average Bonchev–Trinajstić information content (AvgIpc) is 2.24. The second kappa shape index (κ2) is 2.82. The summed E-state index contributed by atoms with van der Waals surface area (Å²) >= 11 is 0. The Morgan fingerprint density at radius 3 is 2.93 bits per heavy atom. The van der Waals surface area contributed by atoms with Gasteiger partial charge in [-0.2, -0.15) is 0 Å². The van der Waals surface area contributed by atoms with E-state index in [-0.39, 0.29) is 0 Å².